The molecule has 31 heavy (non-hydrogen) atoms. The minimum absolute atomic E-state index is 0.00989. The fourth-order valence-corrected chi connectivity index (χ4v) is 2.42. The smallest absolute Gasteiger partial charge is 0.434 e. The molecule has 0 fully saturated rings. The number of methoxy groups -OCH3 is 1. The molecule has 0 spiro atoms. The van der Waals surface area contributed by atoms with E-state index in [-0.39, 0.29) is 18.7 Å². The van der Waals surface area contributed by atoms with Gasteiger partial charge < -0.3 is 14.2 Å². The van der Waals surface area contributed by atoms with Crippen molar-refractivity contribution in [2.75, 3.05) is 12.4 Å². The van der Waals surface area contributed by atoms with Crippen LogP contribution in [0.5, 0.6) is 0 Å². The zero-order chi connectivity index (χ0) is 22.9. The maximum absolute atomic E-state index is 12.2. The van der Waals surface area contributed by atoms with Crippen LogP contribution in [0.3, 0.4) is 0 Å². The van der Waals surface area contributed by atoms with Crippen LogP contribution in [-0.2, 0) is 32.0 Å². The van der Waals surface area contributed by atoms with Crippen molar-refractivity contribution in [3.8, 4) is 0 Å². The lowest BCUT2D eigenvalue weighted by Crippen LogP contribution is -2.28. The number of amides is 2. The van der Waals surface area contributed by atoms with Crippen molar-refractivity contribution in [2.45, 2.75) is 39.4 Å². The molecule has 2 amide bonds. The Balaban J connectivity index is 2.15. The summed E-state index contributed by atoms with van der Waals surface area (Å²) in [4.78, 5) is 44.1. The van der Waals surface area contributed by atoms with Gasteiger partial charge in [-0.15, -0.1) is 0 Å². The summed E-state index contributed by atoms with van der Waals surface area (Å²) in [6.45, 7) is 5.23. The number of hydrogen-bond acceptors (Lipinski definition) is 7. The molecule has 0 saturated carbocycles. The molecule has 0 unspecified atom stereocenters. The van der Waals surface area contributed by atoms with Gasteiger partial charge in [-0.3, -0.25) is 10.3 Å². The first-order valence-electron chi connectivity index (χ1n) is 9.47. The molecule has 0 saturated heterocycles. The van der Waals surface area contributed by atoms with Crippen molar-refractivity contribution in [3.05, 3.63) is 59.9 Å². The Hall–Kier alpha value is -3.75. The summed E-state index contributed by atoms with van der Waals surface area (Å²) in [6.07, 6.45) is 1.19. The predicted molar refractivity (Wildman–Crippen MR) is 114 cm³/mol. The Morgan fingerprint density at radius 1 is 1.10 bits per heavy atom. The molecule has 0 aliphatic carbocycles. The molecule has 0 aliphatic rings. The monoisotopic (exact) mass is 427 g/mol. The highest BCUT2D eigenvalue weighted by Gasteiger charge is 2.20. The summed E-state index contributed by atoms with van der Waals surface area (Å²) >= 11 is 0. The van der Waals surface area contributed by atoms with Gasteiger partial charge in [-0.05, 0) is 32.4 Å². The number of nitrogens with one attached hydrogen (secondary N) is 1. The van der Waals surface area contributed by atoms with Gasteiger partial charge in [0.1, 0.15) is 17.9 Å². The maximum atomic E-state index is 12.2. The van der Waals surface area contributed by atoms with Gasteiger partial charge in [-0.1, -0.05) is 30.3 Å². The number of anilines is 1. The zero-order valence-electron chi connectivity index (χ0n) is 17.9. The fourth-order valence-electron chi connectivity index (χ4n) is 2.42. The van der Waals surface area contributed by atoms with E-state index >= 15 is 0 Å². The molecule has 0 atom stereocenters. The van der Waals surface area contributed by atoms with E-state index in [0.29, 0.717) is 11.3 Å². The highest BCUT2D eigenvalue weighted by atomic mass is 16.6. The second-order valence-corrected chi connectivity index (χ2v) is 7.43. The third kappa shape index (κ3) is 8.25. The quantitative estimate of drug-likeness (QED) is 0.422. The number of benzene rings is 1. The summed E-state index contributed by atoms with van der Waals surface area (Å²) in [5, 5.41) is 2.60. The molecule has 2 rings (SSSR count). The van der Waals surface area contributed by atoms with Crippen LogP contribution in [0.15, 0.2) is 53.8 Å². The number of hydrogen-bond donors (Lipinski definition) is 1. The molecule has 0 bridgehead atoms. The highest BCUT2D eigenvalue weighted by Crippen LogP contribution is 2.17. The first-order valence-corrected chi connectivity index (χ1v) is 9.47. The van der Waals surface area contributed by atoms with Crippen molar-refractivity contribution >= 4 is 29.6 Å². The standard InChI is InChI=1S/C22H25N3O6/c1-22(2,3)31-21(28)24-17-10-11-23-13-16(17)12-18(19(26)29-4)25-20(27)30-14-15-8-6-5-7-9-15/h5-11,13H,12,14H2,1-4H3,(H,23,24,28). The van der Waals surface area contributed by atoms with Gasteiger partial charge in [0, 0.05) is 24.4 Å². The minimum Gasteiger partial charge on any atom is -0.465 e. The Bertz CT molecular complexity index is 951. The van der Waals surface area contributed by atoms with Crippen molar-refractivity contribution in [1.29, 1.82) is 0 Å². The number of rotatable bonds is 6. The van der Waals surface area contributed by atoms with Crippen LogP contribution >= 0.6 is 0 Å². The number of nitrogens with zero attached hydrogens (tertiary/aromatic N) is 2. The summed E-state index contributed by atoms with van der Waals surface area (Å²) < 4.78 is 15.1. The van der Waals surface area contributed by atoms with Gasteiger partial charge in [0.15, 0.2) is 0 Å². The lowest BCUT2D eigenvalue weighted by atomic mass is 10.1. The molecule has 9 nitrogen and oxygen atoms in total. The molecule has 1 aromatic heterocycles. The van der Waals surface area contributed by atoms with E-state index < -0.39 is 23.8 Å². The number of aromatic nitrogens is 1. The third-order valence-corrected chi connectivity index (χ3v) is 3.75. The van der Waals surface area contributed by atoms with Gasteiger partial charge >= 0.3 is 18.2 Å². The van der Waals surface area contributed by atoms with Crippen molar-refractivity contribution in [1.82, 2.24) is 4.98 Å². The van der Waals surface area contributed by atoms with E-state index in [4.69, 9.17) is 14.2 Å². The Kier molecular flexibility index (Phi) is 8.25. The van der Waals surface area contributed by atoms with Crippen molar-refractivity contribution in [3.63, 3.8) is 0 Å². The van der Waals surface area contributed by atoms with Crippen LogP contribution in [-0.4, -0.2) is 41.6 Å². The number of carbonyl (C=O) groups is 3. The summed E-state index contributed by atoms with van der Waals surface area (Å²) in [6, 6.07) is 10.6. The lowest BCUT2D eigenvalue weighted by Gasteiger charge is -2.20. The van der Waals surface area contributed by atoms with Crippen LogP contribution < -0.4 is 5.32 Å². The Morgan fingerprint density at radius 2 is 1.81 bits per heavy atom. The van der Waals surface area contributed by atoms with Gasteiger partial charge in [-0.25, -0.2) is 14.4 Å². The summed E-state index contributed by atoms with van der Waals surface area (Å²) in [5.74, 6) is -0.802. The molecule has 9 heteroatoms. The second-order valence-electron chi connectivity index (χ2n) is 7.43. The molecular weight excluding hydrogens is 402 g/mol. The summed E-state index contributed by atoms with van der Waals surface area (Å²) in [7, 11) is 1.18. The Labute approximate surface area is 180 Å². The number of ether oxygens (including phenoxy) is 3. The largest absolute Gasteiger partial charge is 0.465 e. The highest BCUT2D eigenvalue weighted by molar-refractivity contribution is 6.38. The predicted octanol–water partition coefficient (Wildman–Crippen LogP) is 3.92. The van der Waals surface area contributed by atoms with E-state index in [1.54, 1.807) is 39.0 Å². The van der Waals surface area contributed by atoms with E-state index in [0.717, 1.165) is 5.56 Å². The Morgan fingerprint density at radius 3 is 2.45 bits per heavy atom. The second kappa shape index (κ2) is 10.9. The van der Waals surface area contributed by atoms with E-state index in [1.807, 2.05) is 18.2 Å². The first kappa shape index (κ1) is 23.5. The zero-order valence-corrected chi connectivity index (χ0v) is 17.9. The van der Waals surface area contributed by atoms with Gasteiger partial charge in [-0.2, -0.15) is 4.99 Å². The van der Waals surface area contributed by atoms with E-state index in [9.17, 15) is 14.4 Å². The average molecular weight is 427 g/mol. The molecule has 0 radical (unpaired) electrons. The van der Waals surface area contributed by atoms with Crippen LogP contribution in [0.25, 0.3) is 0 Å². The molecule has 2 aromatic rings. The van der Waals surface area contributed by atoms with Gasteiger partial charge in [0.25, 0.3) is 0 Å². The normalized spacial score (nSPS) is 11.4. The molecular formula is C22H25N3O6. The maximum Gasteiger partial charge on any atom is 0.434 e. The van der Waals surface area contributed by atoms with E-state index in [2.05, 4.69) is 15.3 Å². The topological polar surface area (TPSA) is 116 Å². The number of aliphatic imine (C=N–C) groups is 1. The van der Waals surface area contributed by atoms with Crippen LogP contribution in [0.2, 0.25) is 0 Å². The van der Waals surface area contributed by atoms with Gasteiger partial charge in [0.2, 0.25) is 0 Å². The molecule has 0 aliphatic heterocycles. The molecule has 1 aromatic carbocycles. The number of esters is 1. The minimum atomic E-state index is -0.935. The first-order chi connectivity index (χ1) is 14.7. The summed E-state index contributed by atoms with van der Waals surface area (Å²) in [5.41, 5.74) is 0.702. The van der Waals surface area contributed by atoms with E-state index in [1.165, 1.54) is 19.5 Å². The SMILES string of the molecule is COC(=O)C(Cc1cnccc1NC(=O)OC(C)(C)C)=NC(=O)OCc1ccccc1. The molecule has 164 valence electrons. The number of carbonyl (C=O) groups excluding carboxylic acids is 3. The fraction of sp³-hybridized carbons (Fsp3) is 0.318. The average Bonchev–Trinajstić information content (AvgIpc) is 2.72. The van der Waals surface area contributed by atoms with Crippen molar-refractivity contribution < 1.29 is 28.6 Å². The van der Waals surface area contributed by atoms with Crippen LogP contribution in [0.4, 0.5) is 15.3 Å². The van der Waals surface area contributed by atoms with Gasteiger partial charge in [0.05, 0.1) is 12.8 Å². The molecule has 1 heterocycles. The van der Waals surface area contributed by atoms with Crippen LogP contribution in [0, 0.1) is 0 Å². The third-order valence-electron chi connectivity index (χ3n) is 3.75. The van der Waals surface area contributed by atoms with Crippen molar-refractivity contribution in [2.24, 2.45) is 4.99 Å². The lowest BCUT2D eigenvalue weighted by molar-refractivity contribution is -0.132. The molecule has 1 N–H and O–H groups in total. The van der Waals surface area contributed by atoms with Crippen LogP contribution in [0.1, 0.15) is 31.9 Å². The number of pyridine rings is 1.